The lowest BCUT2D eigenvalue weighted by molar-refractivity contribution is -0.144. The highest BCUT2D eigenvalue weighted by atomic mass is 32.2. The van der Waals surface area contributed by atoms with Gasteiger partial charge in [0.25, 0.3) is 0 Å². The van der Waals surface area contributed by atoms with Crippen LogP contribution in [-0.4, -0.2) is 198 Å². The quantitative estimate of drug-likeness (QED) is 0.0173. The highest BCUT2D eigenvalue weighted by Crippen LogP contribution is 2.24. The Balaban J connectivity index is 1.56. The normalized spacial score (nSPS) is 16.8. The number of aliphatic imine (C=N–C) groups is 1. The number of hydrogen-bond donors (Lipinski definition) is 15. The van der Waals surface area contributed by atoms with E-state index in [9.17, 15) is 62.3 Å². The number of thioether (sulfide) groups is 1. The number of primary amides is 3. The summed E-state index contributed by atoms with van der Waals surface area (Å²) in [6, 6.07) is 4.51. The predicted molar refractivity (Wildman–Crippen MR) is 356 cm³/mol. The van der Waals surface area contributed by atoms with E-state index in [1.165, 1.54) is 21.6 Å². The SMILES string of the molecule is CSCC[C@H](NC(=O)[C@H](CC(C)C)NC(=O)CNC(=O)[C@@H](Cc1ccccc1)NC(=O)[C@@H](Cc1ccccc1)NC(=O)[C@@H](CCC(N)=O)NC(=O)[C@@H](CCC(N)=O)NC(=O)[C@@H]1CCCN1C(=O)[C@H](CCCCN)NC(=O)[C@@H]1CCCN1C(=O)[C@@H](N)CCCN=C(N)N)C(N)=O. The number of guanidine groups is 1. The molecular weight excluding hydrogens is 1250 g/mol. The molecule has 22 N–H and O–H groups in total. The summed E-state index contributed by atoms with van der Waals surface area (Å²) in [5.74, 6) is -9.80. The van der Waals surface area contributed by atoms with E-state index in [1.807, 2.05) is 20.1 Å². The lowest BCUT2D eigenvalue weighted by atomic mass is 10.0. The molecule has 2 aromatic rings. The van der Waals surface area contributed by atoms with Crippen LogP contribution >= 0.6 is 11.8 Å². The highest BCUT2D eigenvalue weighted by molar-refractivity contribution is 7.98. The Labute approximate surface area is 558 Å². The van der Waals surface area contributed by atoms with Crippen molar-refractivity contribution in [2.75, 3.05) is 44.7 Å². The molecule has 0 bridgehead atoms. The monoisotopic (exact) mass is 1350 g/mol. The van der Waals surface area contributed by atoms with E-state index in [0.29, 0.717) is 55.4 Å². The zero-order valence-electron chi connectivity index (χ0n) is 54.5. The van der Waals surface area contributed by atoms with Crippen molar-refractivity contribution < 1.29 is 62.3 Å². The van der Waals surface area contributed by atoms with Gasteiger partial charge in [-0.3, -0.25) is 67.3 Å². The summed E-state index contributed by atoms with van der Waals surface area (Å²) >= 11 is 1.45. The fraction of sp³-hybridized carbons (Fsp3) is 0.587. The van der Waals surface area contributed by atoms with Gasteiger partial charge in [0.05, 0.1) is 12.6 Å². The molecule has 0 spiro atoms. The molecule has 524 valence electrons. The van der Waals surface area contributed by atoms with E-state index < -0.39 is 169 Å². The van der Waals surface area contributed by atoms with E-state index >= 15 is 0 Å². The molecule has 2 heterocycles. The zero-order chi connectivity index (χ0) is 70.1. The van der Waals surface area contributed by atoms with Gasteiger partial charge in [0.15, 0.2) is 5.96 Å². The number of rotatable bonds is 42. The number of unbranched alkanes of at least 4 members (excludes halogenated alkanes) is 1. The molecule has 2 fully saturated rings. The Hall–Kier alpha value is -8.91. The Bertz CT molecular complexity index is 2960. The molecular formula is C63H98N18O13S. The molecule has 2 saturated heterocycles. The van der Waals surface area contributed by atoms with Gasteiger partial charge in [-0.15, -0.1) is 0 Å². The molecule has 0 unspecified atom stereocenters. The molecule has 2 aromatic carbocycles. The number of carbonyl (C=O) groups is 13. The van der Waals surface area contributed by atoms with Crippen molar-refractivity contribution in [2.45, 2.75) is 183 Å². The van der Waals surface area contributed by atoms with Gasteiger partial charge in [0, 0.05) is 45.3 Å². The third-order valence-corrected chi connectivity index (χ3v) is 16.7. The maximum Gasteiger partial charge on any atom is 0.245 e. The van der Waals surface area contributed by atoms with E-state index in [4.69, 9.17) is 40.1 Å². The fourth-order valence-corrected chi connectivity index (χ4v) is 11.5. The molecule has 0 radical (unpaired) electrons. The standard InChI is InChI=1S/C63H98N18O13S/c1-37(2)33-45(57(89)74-41(53(68)85)27-32-95-3)73-52(84)36-72-54(86)46(34-38-15-6-4-7-16-38)78-58(90)47(35-39-17-8-5-9-18-39)79-56(88)42(23-25-50(66)82)75-55(87)43(24-26-51(67)83)76-59(91)49-22-14-31-81(49)62(94)44(20-10-11-28-64)77-60(92)48-21-13-30-80(48)61(93)40(65)19-12-29-71-63(69)70/h4-9,15-18,37,40-49H,10-14,19-36,64-65H2,1-3H3,(H2,66,82)(H2,67,83)(H2,68,85)(H,72,86)(H,73,84)(H,74,89)(H,75,87)(H,76,91)(H,77,92)(H,78,90)(H,79,88)(H4,69,70,71)/t40-,41-,42+,43+,44-,45-,46+,47+,48-,49-/m0/s1. The third-order valence-electron chi connectivity index (χ3n) is 16.0. The lowest BCUT2D eigenvalue weighted by Crippen LogP contribution is -2.60. The Kier molecular flexibility index (Phi) is 33.9. The molecule has 2 aliphatic heterocycles. The Morgan fingerprint density at radius 1 is 0.537 bits per heavy atom. The number of nitrogens with one attached hydrogen (secondary N) is 8. The predicted octanol–water partition coefficient (Wildman–Crippen LogP) is -3.71. The molecule has 0 aromatic heterocycles. The van der Waals surface area contributed by atoms with Crippen molar-refractivity contribution >= 4 is 94.5 Å². The third kappa shape index (κ3) is 27.5. The average molecular weight is 1350 g/mol. The number of carbonyl (C=O) groups excluding carboxylic acids is 13. The van der Waals surface area contributed by atoms with Crippen molar-refractivity contribution in [3.63, 3.8) is 0 Å². The molecule has 10 atom stereocenters. The number of nitrogens with two attached hydrogens (primary N) is 7. The number of likely N-dealkylation sites (tertiary alicyclic amines) is 2. The molecule has 31 nitrogen and oxygen atoms in total. The van der Waals surface area contributed by atoms with Gasteiger partial charge >= 0.3 is 0 Å². The second-order valence-corrected chi connectivity index (χ2v) is 25.1. The van der Waals surface area contributed by atoms with Gasteiger partial charge in [-0.1, -0.05) is 74.5 Å². The van der Waals surface area contributed by atoms with Gasteiger partial charge in [-0.2, -0.15) is 11.8 Å². The fourth-order valence-electron chi connectivity index (χ4n) is 11.0. The number of hydrogen-bond acceptors (Lipinski definition) is 17. The molecule has 0 saturated carbocycles. The summed E-state index contributed by atoms with van der Waals surface area (Å²) in [6.45, 7) is 3.86. The van der Waals surface area contributed by atoms with Gasteiger partial charge in [0.1, 0.15) is 54.4 Å². The number of amides is 13. The maximum atomic E-state index is 14.7. The van der Waals surface area contributed by atoms with Crippen LogP contribution in [0.4, 0.5) is 0 Å². The van der Waals surface area contributed by atoms with Crippen LogP contribution < -0.4 is 82.7 Å². The van der Waals surface area contributed by atoms with Crippen molar-refractivity contribution in [3.05, 3.63) is 71.8 Å². The number of nitrogens with zero attached hydrogens (tertiary/aromatic N) is 3. The summed E-state index contributed by atoms with van der Waals surface area (Å²) < 4.78 is 0. The minimum absolute atomic E-state index is 0.0736. The topological polar surface area (TPSA) is 519 Å². The second kappa shape index (κ2) is 41.0. The van der Waals surface area contributed by atoms with Crippen LogP contribution in [0, 0.1) is 5.92 Å². The van der Waals surface area contributed by atoms with Crippen LogP contribution in [0.15, 0.2) is 65.7 Å². The first-order chi connectivity index (χ1) is 45.2. The van der Waals surface area contributed by atoms with Crippen LogP contribution in [0.3, 0.4) is 0 Å². The molecule has 0 aliphatic carbocycles. The van der Waals surface area contributed by atoms with Crippen molar-refractivity contribution in [2.24, 2.45) is 51.0 Å². The van der Waals surface area contributed by atoms with E-state index in [-0.39, 0.29) is 83.0 Å². The summed E-state index contributed by atoms with van der Waals surface area (Å²) in [4.78, 5) is 185. The van der Waals surface area contributed by atoms with E-state index in [2.05, 4.69) is 47.5 Å². The minimum atomic E-state index is -1.64. The van der Waals surface area contributed by atoms with E-state index in [0.717, 1.165) is 0 Å². The Morgan fingerprint density at radius 2 is 1.01 bits per heavy atom. The van der Waals surface area contributed by atoms with Crippen molar-refractivity contribution in [1.82, 2.24) is 52.3 Å². The van der Waals surface area contributed by atoms with Crippen LogP contribution in [0.1, 0.15) is 121 Å². The highest BCUT2D eigenvalue weighted by Gasteiger charge is 2.42. The summed E-state index contributed by atoms with van der Waals surface area (Å²) in [5, 5.41) is 21.1. The molecule has 32 heteroatoms. The molecule has 95 heavy (non-hydrogen) atoms. The zero-order valence-corrected chi connectivity index (χ0v) is 55.3. The first-order valence-corrected chi connectivity index (χ1v) is 33.6. The molecule has 2 aliphatic rings. The minimum Gasteiger partial charge on any atom is -0.370 e. The molecule has 13 amide bonds. The largest absolute Gasteiger partial charge is 0.370 e. The Morgan fingerprint density at radius 3 is 1.51 bits per heavy atom. The first-order valence-electron chi connectivity index (χ1n) is 32.2. The van der Waals surface area contributed by atoms with Crippen molar-refractivity contribution in [3.8, 4) is 0 Å². The van der Waals surface area contributed by atoms with Gasteiger partial charge < -0.3 is 92.5 Å². The molecule has 4 rings (SSSR count). The summed E-state index contributed by atoms with van der Waals surface area (Å²) in [5.41, 5.74) is 40.6. The maximum absolute atomic E-state index is 14.7. The van der Waals surface area contributed by atoms with Crippen molar-refractivity contribution in [1.29, 1.82) is 0 Å². The van der Waals surface area contributed by atoms with Gasteiger partial charge in [-0.25, -0.2) is 0 Å². The van der Waals surface area contributed by atoms with Crippen LogP contribution in [-0.2, 0) is 75.2 Å². The van der Waals surface area contributed by atoms with E-state index in [1.54, 1.807) is 60.7 Å². The van der Waals surface area contributed by atoms with Gasteiger partial charge in [-0.05, 0) is 119 Å². The van der Waals surface area contributed by atoms with Crippen LogP contribution in [0.5, 0.6) is 0 Å². The second-order valence-electron chi connectivity index (χ2n) is 24.1. The lowest BCUT2D eigenvalue weighted by Gasteiger charge is -2.32. The first kappa shape index (κ1) is 78.5. The summed E-state index contributed by atoms with van der Waals surface area (Å²) in [6.07, 6.45) is 3.12. The number of benzene rings is 2. The van der Waals surface area contributed by atoms with Crippen LogP contribution in [0.25, 0.3) is 0 Å². The average Bonchev–Trinajstić information content (AvgIpc) is 1.74. The summed E-state index contributed by atoms with van der Waals surface area (Å²) in [7, 11) is 0. The van der Waals surface area contributed by atoms with Crippen LogP contribution in [0.2, 0.25) is 0 Å². The smallest absolute Gasteiger partial charge is 0.245 e. The van der Waals surface area contributed by atoms with Gasteiger partial charge in [0.2, 0.25) is 76.8 Å².